The number of aliphatic hydroxyl groups is 2. The Morgan fingerprint density at radius 3 is 1.95 bits per heavy atom. The summed E-state index contributed by atoms with van der Waals surface area (Å²) in [6.45, 7) is 25.6. The van der Waals surface area contributed by atoms with Crippen molar-refractivity contribution in [2.45, 2.75) is 172 Å². The van der Waals surface area contributed by atoms with Crippen molar-refractivity contribution in [2.75, 3.05) is 24.5 Å². The third-order valence-electron chi connectivity index (χ3n) is 20.5. The number of fused-ring (bicyclic) bond motifs is 9. The summed E-state index contributed by atoms with van der Waals surface area (Å²) in [5.74, 6) is 1.75. The van der Waals surface area contributed by atoms with Crippen LogP contribution >= 0.6 is 0 Å². The molecule has 0 aromatic carbocycles. The van der Waals surface area contributed by atoms with Crippen molar-refractivity contribution < 1.29 is 48.7 Å². The lowest BCUT2D eigenvalue weighted by atomic mass is 9.35. The van der Waals surface area contributed by atoms with E-state index >= 15 is 0 Å². The van der Waals surface area contributed by atoms with E-state index in [-0.39, 0.29) is 55.3 Å². The van der Waals surface area contributed by atoms with Crippen LogP contribution in [0.25, 0.3) is 0 Å². The van der Waals surface area contributed by atoms with Gasteiger partial charge in [0.15, 0.2) is 5.76 Å². The van der Waals surface area contributed by atoms with Gasteiger partial charge in [0.2, 0.25) is 5.78 Å². The summed E-state index contributed by atoms with van der Waals surface area (Å²) in [7, 11) is -10.8. The Labute approximate surface area is 445 Å². The quantitative estimate of drug-likeness (QED) is 0.129. The van der Waals surface area contributed by atoms with Crippen LogP contribution in [0, 0.1) is 61.6 Å². The fourth-order valence-electron chi connectivity index (χ4n) is 16.1. The largest absolute Gasteiger partial charge is 0.515 e. The maximum atomic E-state index is 12.4. The SMILES string of the molecule is C/C(=C\O)C1=CC=C2[C@@](C)(CC[C@@]3(C)[C@@H]4C[C@](C)(N)CC[C@]4(C)CC[C@]23C)/C1=C/C=O.CS(=O)(=O)OS(C)(=O)=O.C[C@@H]1CC[C@@]2(C)C3=CC(=O)C(O)=CC3=CC=C2[C@@H](C)CC[C@@]2(C)CC[C@@](C)(CS(C)(=O)=O)C[C@@H]12. The summed E-state index contributed by atoms with van der Waals surface area (Å²) in [5.41, 5.74) is 14.7. The van der Waals surface area contributed by atoms with Gasteiger partial charge in [0.1, 0.15) is 16.1 Å². The Morgan fingerprint density at radius 2 is 1.36 bits per heavy atom. The number of rotatable bonds is 6. The summed E-state index contributed by atoms with van der Waals surface area (Å²) < 4.78 is 68.2. The molecule has 0 aliphatic heterocycles. The molecule has 0 spiro atoms. The van der Waals surface area contributed by atoms with Gasteiger partial charge in [-0.05, 0) is 201 Å². The minimum absolute atomic E-state index is 0.0679. The number of hydrogen-bond donors (Lipinski definition) is 3. The highest BCUT2D eigenvalue weighted by Gasteiger charge is 2.66. The molecule has 0 radical (unpaired) electrons. The number of allylic oxidation sites excluding steroid dienone is 14. The predicted octanol–water partition coefficient (Wildman–Crippen LogP) is 12.0. The summed E-state index contributed by atoms with van der Waals surface area (Å²) in [5, 5.41) is 19.7. The molecule has 74 heavy (non-hydrogen) atoms. The van der Waals surface area contributed by atoms with Gasteiger partial charge in [-0.2, -0.15) is 16.8 Å². The van der Waals surface area contributed by atoms with Crippen LogP contribution in [0.2, 0.25) is 0 Å². The molecule has 4 N–H and O–H groups in total. The van der Waals surface area contributed by atoms with E-state index in [1.165, 1.54) is 36.7 Å². The molecule has 5 saturated carbocycles. The van der Waals surface area contributed by atoms with Crippen LogP contribution in [0.4, 0.5) is 0 Å². The second kappa shape index (κ2) is 20.5. The van der Waals surface area contributed by atoms with Crippen LogP contribution < -0.4 is 5.73 Å². The molecule has 0 unspecified atom stereocenters. The molecule has 0 amide bonds. The first-order valence-corrected chi connectivity index (χ1v) is 32.5. The molecule has 8 aliphatic carbocycles. The van der Waals surface area contributed by atoms with E-state index in [4.69, 9.17) is 5.73 Å². The molecule has 12 atom stereocenters. The summed E-state index contributed by atoms with van der Waals surface area (Å²) in [4.78, 5) is 24.1. The molecule has 15 heteroatoms. The van der Waals surface area contributed by atoms with Gasteiger partial charge < -0.3 is 15.9 Å². The fourth-order valence-corrected chi connectivity index (χ4v) is 19.5. The third kappa shape index (κ3) is 11.9. The van der Waals surface area contributed by atoms with Crippen LogP contribution in [0.15, 0.2) is 93.6 Å². The number of sulfone groups is 1. The second-order valence-electron chi connectivity index (χ2n) is 26.6. The molecule has 0 aromatic rings. The van der Waals surface area contributed by atoms with Crippen LogP contribution in [-0.4, -0.2) is 77.6 Å². The third-order valence-corrected chi connectivity index (χ3v) is 23.7. The second-order valence-corrected chi connectivity index (χ2v) is 32.1. The van der Waals surface area contributed by atoms with Gasteiger partial charge in [-0.25, -0.2) is 8.42 Å². The van der Waals surface area contributed by atoms with Gasteiger partial charge >= 0.3 is 0 Å². The lowest BCUT2D eigenvalue weighted by molar-refractivity contribution is -0.150. The molecule has 5 fully saturated rings. The lowest BCUT2D eigenvalue weighted by Gasteiger charge is -2.70. The molecular formula is C59H89NO11S3. The average Bonchev–Trinajstić information content (AvgIpc) is 3.27. The maximum Gasteiger partial charge on any atom is 0.278 e. The minimum Gasteiger partial charge on any atom is -0.515 e. The van der Waals surface area contributed by atoms with E-state index in [0.29, 0.717) is 41.6 Å². The highest BCUT2D eigenvalue weighted by Crippen LogP contribution is 2.75. The molecule has 414 valence electrons. The zero-order valence-electron chi connectivity index (χ0n) is 47.0. The Bertz CT molecular complexity index is 2850. The van der Waals surface area contributed by atoms with Gasteiger partial charge in [0, 0.05) is 22.6 Å². The molecule has 0 heterocycles. The molecular weight excluding hydrogens is 995 g/mol. The molecule has 12 nitrogen and oxygen atoms in total. The molecule has 0 bridgehead atoms. The highest BCUT2D eigenvalue weighted by molar-refractivity contribution is 7.99. The summed E-state index contributed by atoms with van der Waals surface area (Å²) in [6, 6.07) is 0. The zero-order valence-corrected chi connectivity index (χ0v) is 49.4. The molecule has 8 aliphatic rings. The monoisotopic (exact) mass is 1080 g/mol. The first kappa shape index (κ1) is 59.9. The molecule has 8 rings (SSSR count). The van der Waals surface area contributed by atoms with Crippen LogP contribution in [-0.2, 0) is 43.3 Å². The van der Waals surface area contributed by atoms with Crippen molar-refractivity contribution in [3.8, 4) is 0 Å². The number of nitrogens with two attached hydrogens (primary N) is 1. The van der Waals surface area contributed by atoms with Gasteiger partial charge in [-0.1, -0.05) is 97.8 Å². The number of aldehydes is 1. The van der Waals surface area contributed by atoms with Crippen molar-refractivity contribution in [3.05, 3.63) is 93.6 Å². The maximum absolute atomic E-state index is 12.4. The number of carbonyl (C=O) groups excluding carboxylic acids is 2. The van der Waals surface area contributed by atoms with Crippen molar-refractivity contribution in [3.63, 3.8) is 0 Å². The Kier molecular flexibility index (Phi) is 16.5. The normalized spacial score (nSPS) is 41.0. The van der Waals surface area contributed by atoms with Gasteiger partial charge in [0.25, 0.3) is 20.2 Å². The van der Waals surface area contributed by atoms with Crippen LogP contribution in [0.5, 0.6) is 0 Å². The van der Waals surface area contributed by atoms with Crippen molar-refractivity contribution in [1.82, 2.24) is 0 Å². The lowest BCUT2D eigenvalue weighted by Crippen LogP contribution is -2.63. The Balaban J connectivity index is 0.000000208. The average molecular weight is 1080 g/mol. The van der Waals surface area contributed by atoms with E-state index in [9.17, 15) is 45.1 Å². The number of hydrogen-bond acceptors (Lipinski definition) is 12. The predicted molar refractivity (Wildman–Crippen MR) is 296 cm³/mol. The number of ketones is 1. The van der Waals surface area contributed by atoms with Crippen molar-refractivity contribution in [2.24, 2.45) is 67.3 Å². The highest BCUT2D eigenvalue weighted by atomic mass is 32.3. The smallest absolute Gasteiger partial charge is 0.278 e. The van der Waals surface area contributed by atoms with Gasteiger partial charge in [-0.3, -0.25) is 9.59 Å². The van der Waals surface area contributed by atoms with E-state index in [2.05, 4.69) is 97.2 Å². The van der Waals surface area contributed by atoms with E-state index in [1.54, 1.807) is 18.2 Å². The van der Waals surface area contributed by atoms with Gasteiger partial charge in [0.05, 0.1) is 24.5 Å². The Morgan fingerprint density at radius 1 is 0.743 bits per heavy atom. The van der Waals surface area contributed by atoms with E-state index in [1.807, 2.05) is 6.92 Å². The molecule has 0 saturated heterocycles. The standard InChI is InChI=1S/C29H42O4S.C28H41NO2.C2H6O5S2/c1-19-9-11-28(4)14-13-27(3,18-34(6,32)33)17-24(28)20(2)10-12-29(5)22(19)8-7-21-15-25(30)26(31)16-23(21)29;1-19(18-31)20-7-8-22-26(4,21(20)9-16-30)13-15-28(6)23-17-25(3,29)12-10-24(23,2)11-14-27(22,28)5;1-8(3,4)7-9(2,5)6/h7-8,15-16,19-20,24,30H,9-14,17-18H2,1-6H3;7-9,16,18,23,31H,10-15,17,29H2,1-6H3;1-2H3/b;19-18+,21-9+;/t19-,20+,24-,27+,28-,29+;23-,24-,25-,26+,27-,28+;/m01./s1. The first-order valence-electron chi connectivity index (χ1n) is 26.8. The van der Waals surface area contributed by atoms with E-state index < -0.39 is 30.1 Å². The van der Waals surface area contributed by atoms with E-state index in [0.717, 1.165) is 111 Å². The minimum atomic E-state index is -3.87. The fraction of sp³-hybridized carbons (Fsp3) is 0.695. The summed E-state index contributed by atoms with van der Waals surface area (Å²) >= 11 is 0. The number of carbonyl (C=O) groups is 2. The van der Waals surface area contributed by atoms with Crippen LogP contribution in [0.1, 0.15) is 166 Å². The van der Waals surface area contributed by atoms with Gasteiger partial charge in [-0.15, -0.1) is 3.63 Å². The summed E-state index contributed by atoms with van der Waals surface area (Å²) in [6.07, 6.45) is 33.9. The first-order chi connectivity index (χ1) is 33.7. The molecule has 0 aromatic heterocycles. The zero-order chi connectivity index (χ0) is 55.7. The van der Waals surface area contributed by atoms with Crippen molar-refractivity contribution >= 4 is 42.1 Å². The van der Waals surface area contributed by atoms with Crippen molar-refractivity contribution in [1.29, 1.82) is 0 Å². The topological polar surface area (TPSA) is 212 Å². The Hall–Kier alpha value is -3.37. The van der Waals surface area contributed by atoms with Crippen LogP contribution in [0.3, 0.4) is 0 Å². The number of aliphatic hydroxyl groups excluding tert-OH is 2.